The first-order valence-corrected chi connectivity index (χ1v) is 8.59. The van der Waals surface area contributed by atoms with Crippen LogP contribution in [0.15, 0.2) is 34.5 Å². The number of rotatable bonds is 7. The van der Waals surface area contributed by atoms with Gasteiger partial charge in [0.15, 0.2) is 0 Å². The molecule has 0 amide bonds. The van der Waals surface area contributed by atoms with E-state index in [1.165, 1.54) is 44.2 Å². The topological polar surface area (TPSA) is 24.9 Å². The average Bonchev–Trinajstić information content (AvgIpc) is 2.48. The van der Waals surface area contributed by atoms with E-state index in [9.17, 15) is 0 Å². The molecule has 0 radical (unpaired) electrons. The molecule has 1 aromatic heterocycles. The van der Waals surface area contributed by atoms with Crippen LogP contribution in [0.1, 0.15) is 51.1 Å². The second-order valence-electron chi connectivity index (χ2n) is 5.64. The summed E-state index contributed by atoms with van der Waals surface area (Å²) in [5.41, 5.74) is 2.82. The Bertz CT molecular complexity index is 425. The van der Waals surface area contributed by atoms with Crippen molar-refractivity contribution in [3.63, 3.8) is 0 Å². The lowest BCUT2D eigenvalue weighted by Gasteiger charge is -2.22. The lowest BCUT2D eigenvalue weighted by atomic mass is 9.92. The standard InChI is InChI=1S/C17H25BrN2/c1-2-10-19-17(11-14-6-4-3-5-7-14)12-16-9-8-15(18)13-20-16/h6,8-9,13,17,19H,2-5,7,10-12H2,1H3. The normalized spacial score (nSPS) is 16.8. The Morgan fingerprint density at radius 2 is 2.20 bits per heavy atom. The van der Waals surface area contributed by atoms with E-state index in [0.29, 0.717) is 6.04 Å². The van der Waals surface area contributed by atoms with Crippen molar-refractivity contribution < 1.29 is 0 Å². The maximum Gasteiger partial charge on any atom is 0.0420 e. The molecule has 1 aliphatic carbocycles. The molecule has 2 nitrogen and oxygen atoms in total. The van der Waals surface area contributed by atoms with E-state index in [4.69, 9.17) is 0 Å². The number of nitrogens with zero attached hydrogens (tertiary/aromatic N) is 1. The Balaban J connectivity index is 1.95. The molecule has 1 aliphatic rings. The molecule has 1 atom stereocenters. The van der Waals surface area contributed by atoms with Crippen molar-refractivity contribution in [2.24, 2.45) is 0 Å². The molecule has 0 bridgehead atoms. The van der Waals surface area contributed by atoms with Gasteiger partial charge in [0.25, 0.3) is 0 Å². The Labute approximate surface area is 131 Å². The summed E-state index contributed by atoms with van der Waals surface area (Å²) in [4.78, 5) is 4.51. The van der Waals surface area contributed by atoms with Crippen molar-refractivity contribution in [2.45, 2.75) is 57.9 Å². The van der Waals surface area contributed by atoms with E-state index in [2.05, 4.69) is 51.4 Å². The lowest BCUT2D eigenvalue weighted by Crippen LogP contribution is -2.32. The highest BCUT2D eigenvalue weighted by molar-refractivity contribution is 9.10. The molecule has 2 rings (SSSR count). The highest BCUT2D eigenvalue weighted by Gasteiger charge is 2.13. The molecule has 1 heterocycles. The molecule has 20 heavy (non-hydrogen) atoms. The van der Waals surface area contributed by atoms with E-state index < -0.39 is 0 Å². The summed E-state index contributed by atoms with van der Waals surface area (Å²) in [5, 5.41) is 3.69. The first-order chi connectivity index (χ1) is 9.78. The van der Waals surface area contributed by atoms with E-state index in [1.807, 2.05) is 6.20 Å². The Morgan fingerprint density at radius 1 is 1.30 bits per heavy atom. The minimum Gasteiger partial charge on any atom is -0.313 e. The summed E-state index contributed by atoms with van der Waals surface area (Å²) in [6.07, 6.45) is 13.0. The van der Waals surface area contributed by atoms with E-state index in [-0.39, 0.29) is 0 Å². The van der Waals surface area contributed by atoms with Crippen molar-refractivity contribution >= 4 is 15.9 Å². The van der Waals surface area contributed by atoms with Gasteiger partial charge in [-0.2, -0.15) is 0 Å². The summed E-state index contributed by atoms with van der Waals surface area (Å²) in [6, 6.07) is 4.73. The van der Waals surface area contributed by atoms with Gasteiger partial charge in [-0.3, -0.25) is 4.98 Å². The number of pyridine rings is 1. The monoisotopic (exact) mass is 336 g/mol. The molecule has 0 saturated heterocycles. The van der Waals surface area contributed by atoms with Gasteiger partial charge < -0.3 is 5.32 Å². The molecule has 110 valence electrons. The molecule has 1 aromatic rings. The van der Waals surface area contributed by atoms with Crippen LogP contribution >= 0.6 is 15.9 Å². The van der Waals surface area contributed by atoms with Gasteiger partial charge in [0, 0.05) is 28.8 Å². The fraction of sp³-hybridized carbons (Fsp3) is 0.588. The van der Waals surface area contributed by atoms with Crippen LogP contribution in [0.25, 0.3) is 0 Å². The number of aromatic nitrogens is 1. The van der Waals surface area contributed by atoms with Crippen LogP contribution in [0, 0.1) is 0 Å². The summed E-state index contributed by atoms with van der Waals surface area (Å²) in [5.74, 6) is 0. The highest BCUT2D eigenvalue weighted by atomic mass is 79.9. The lowest BCUT2D eigenvalue weighted by molar-refractivity contribution is 0.486. The SMILES string of the molecule is CCCNC(CC1=CCCCC1)Cc1ccc(Br)cn1. The van der Waals surface area contributed by atoms with Crippen molar-refractivity contribution in [2.75, 3.05) is 6.54 Å². The van der Waals surface area contributed by atoms with Gasteiger partial charge in [-0.15, -0.1) is 0 Å². The summed E-state index contributed by atoms with van der Waals surface area (Å²) < 4.78 is 1.05. The minimum absolute atomic E-state index is 0.521. The maximum absolute atomic E-state index is 4.51. The molecular formula is C17H25BrN2. The second-order valence-corrected chi connectivity index (χ2v) is 6.55. The summed E-state index contributed by atoms with van der Waals surface area (Å²) in [6.45, 7) is 3.32. The van der Waals surface area contributed by atoms with E-state index >= 15 is 0 Å². The van der Waals surface area contributed by atoms with Crippen LogP contribution in [-0.2, 0) is 6.42 Å². The number of nitrogens with one attached hydrogen (secondary N) is 1. The molecule has 0 aliphatic heterocycles. The third-order valence-corrected chi connectivity index (χ3v) is 4.29. The van der Waals surface area contributed by atoms with Crippen LogP contribution in [0.5, 0.6) is 0 Å². The zero-order valence-corrected chi connectivity index (χ0v) is 14.0. The van der Waals surface area contributed by atoms with Crippen molar-refractivity contribution in [3.05, 3.63) is 40.1 Å². The zero-order valence-electron chi connectivity index (χ0n) is 12.4. The van der Waals surface area contributed by atoms with Crippen LogP contribution in [-0.4, -0.2) is 17.6 Å². The molecule has 1 unspecified atom stereocenters. The van der Waals surface area contributed by atoms with Gasteiger partial charge in [-0.25, -0.2) is 0 Å². The predicted octanol–water partition coefficient (Wildman–Crippen LogP) is 4.65. The third kappa shape index (κ3) is 5.37. The summed E-state index contributed by atoms with van der Waals surface area (Å²) in [7, 11) is 0. The van der Waals surface area contributed by atoms with Crippen LogP contribution in [0.2, 0.25) is 0 Å². The quantitative estimate of drug-likeness (QED) is 0.733. The molecule has 0 saturated carbocycles. The Morgan fingerprint density at radius 3 is 2.85 bits per heavy atom. The van der Waals surface area contributed by atoms with Crippen LogP contribution in [0.3, 0.4) is 0 Å². The van der Waals surface area contributed by atoms with Gasteiger partial charge in [-0.05, 0) is 73.1 Å². The average molecular weight is 337 g/mol. The molecule has 1 N–H and O–H groups in total. The molecule has 0 spiro atoms. The Hall–Kier alpha value is -0.670. The number of hydrogen-bond donors (Lipinski definition) is 1. The van der Waals surface area contributed by atoms with Crippen molar-refractivity contribution in [1.29, 1.82) is 0 Å². The first kappa shape index (κ1) is 15.7. The number of halogens is 1. The van der Waals surface area contributed by atoms with Crippen LogP contribution in [0.4, 0.5) is 0 Å². The highest BCUT2D eigenvalue weighted by Crippen LogP contribution is 2.22. The number of allylic oxidation sites excluding steroid dienone is 1. The molecule has 0 aromatic carbocycles. The zero-order chi connectivity index (χ0) is 14.2. The largest absolute Gasteiger partial charge is 0.313 e. The minimum atomic E-state index is 0.521. The fourth-order valence-corrected chi connectivity index (χ4v) is 2.99. The van der Waals surface area contributed by atoms with Gasteiger partial charge in [-0.1, -0.05) is 18.6 Å². The predicted molar refractivity (Wildman–Crippen MR) is 88.9 cm³/mol. The van der Waals surface area contributed by atoms with Crippen molar-refractivity contribution in [3.8, 4) is 0 Å². The van der Waals surface area contributed by atoms with Gasteiger partial charge in [0.2, 0.25) is 0 Å². The fourth-order valence-electron chi connectivity index (χ4n) is 2.75. The van der Waals surface area contributed by atoms with Gasteiger partial charge in [0.05, 0.1) is 0 Å². The smallest absolute Gasteiger partial charge is 0.0420 e. The maximum atomic E-state index is 4.51. The van der Waals surface area contributed by atoms with Crippen LogP contribution < -0.4 is 5.32 Å². The van der Waals surface area contributed by atoms with Gasteiger partial charge >= 0.3 is 0 Å². The summed E-state index contributed by atoms with van der Waals surface area (Å²) >= 11 is 3.45. The molecule has 0 fully saturated rings. The third-order valence-electron chi connectivity index (χ3n) is 3.82. The Kier molecular flexibility index (Phi) is 6.74. The number of hydrogen-bond acceptors (Lipinski definition) is 2. The molecular weight excluding hydrogens is 312 g/mol. The van der Waals surface area contributed by atoms with Crippen molar-refractivity contribution in [1.82, 2.24) is 10.3 Å². The first-order valence-electron chi connectivity index (χ1n) is 7.79. The second kappa shape index (κ2) is 8.58. The molecule has 3 heteroatoms. The van der Waals surface area contributed by atoms with E-state index in [0.717, 1.165) is 17.4 Å². The van der Waals surface area contributed by atoms with Gasteiger partial charge in [0.1, 0.15) is 0 Å². The van der Waals surface area contributed by atoms with E-state index in [1.54, 1.807) is 5.57 Å².